The van der Waals surface area contributed by atoms with Crippen molar-refractivity contribution < 1.29 is 18.0 Å². The van der Waals surface area contributed by atoms with E-state index in [1.807, 2.05) is 0 Å². The Morgan fingerprint density at radius 1 is 1.09 bits per heavy atom. The highest BCUT2D eigenvalue weighted by molar-refractivity contribution is 7.91. The molecule has 0 bridgehead atoms. The lowest BCUT2D eigenvalue weighted by Crippen LogP contribution is -2.61. The number of amides is 2. The van der Waals surface area contributed by atoms with Crippen LogP contribution in [0.4, 0.5) is 0 Å². The van der Waals surface area contributed by atoms with E-state index < -0.39 is 21.9 Å². The summed E-state index contributed by atoms with van der Waals surface area (Å²) in [5, 5.41) is 0.337. The third-order valence-corrected chi connectivity index (χ3v) is 6.47. The van der Waals surface area contributed by atoms with E-state index in [0.717, 1.165) is 0 Å². The average Bonchev–Trinajstić information content (AvgIpc) is 2.80. The van der Waals surface area contributed by atoms with Crippen LogP contribution in [0.1, 0.15) is 17.3 Å². The quantitative estimate of drug-likeness (QED) is 0.746. The highest BCUT2D eigenvalue weighted by Crippen LogP contribution is 2.29. The summed E-state index contributed by atoms with van der Waals surface area (Å²) in [7, 11) is -3.27. The summed E-state index contributed by atoms with van der Waals surface area (Å²) < 4.78 is 24.1. The van der Waals surface area contributed by atoms with Crippen molar-refractivity contribution in [1.82, 2.24) is 9.80 Å². The Morgan fingerprint density at radius 3 is 2.26 bits per heavy atom. The van der Waals surface area contributed by atoms with E-state index in [9.17, 15) is 18.0 Å². The molecule has 0 aliphatic carbocycles. The average molecular weight is 357 g/mol. The first kappa shape index (κ1) is 16.3. The predicted molar refractivity (Wildman–Crippen MR) is 86.1 cm³/mol. The van der Waals surface area contributed by atoms with Crippen LogP contribution in [0.25, 0.3) is 0 Å². The van der Waals surface area contributed by atoms with Gasteiger partial charge in [0, 0.05) is 20.0 Å². The van der Waals surface area contributed by atoms with Crippen LogP contribution in [0, 0.1) is 0 Å². The van der Waals surface area contributed by atoms with Gasteiger partial charge in [-0.15, -0.1) is 0 Å². The molecule has 2 aliphatic heterocycles. The molecule has 2 amide bonds. The SMILES string of the molecule is CC(=O)N1CCN(C(=O)c2ccccc2Cl)C2CS(=O)(=O)CC21. The molecule has 8 heteroatoms. The molecule has 23 heavy (non-hydrogen) atoms. The maximum atomic E-state index is 12.8. The summed E-state index contributed by atoms with van der Waals surface area (Å²) in [6.45, 7) is 2.07. The second-order valence-electron chi connectivity index (χ2n) is 5.90. The van der Waals surface area contributed by atoms with E-state index in [2.05, 4.69) is 0 Å². The number of carbonyl (C=O) groups excluding carboxylic acids is 2. The monoisotopic (exact) mass is 356 g/mol. The van der Waals surface area contributed by atoms with Crippen molar-refractivity contribution in [2.75, 3.05) is 24.6 Å². The maximum absolute atomic E-state index is 12.8. The van der Waals surface area contributed by atoms with Crippen LogP contribution in [0.3, 0.4) is 0 Å². The molecule has 0 N–H and O–H groups in total. The van der Waals surface area contributed by atoms with Crippen LogP contribution in [0.15, 0.2) is 24.3 Å². The molecular formula is C15H17ClN2O4S. The van der Waals surface area contributed by atoms with E-state index in [-0.39, 0.29) is 23.3 Å². The number of piperazine rings is 1. The van der Waals surface area contributed by atoms with Crippen LogP contribution in [-0.4, -0.2) is 66.7 Å². The summed E-state index contributed by atoms with van der Waals surface area (Å²) >= 11 is 6.09. The summed E-state index contributed by atoms with van der Waals surface area (Å²) in [5.41, 5.74) is 0.355. The number of fused-ring (bicyclic) bond motifs is 1. The molecule has 0 spiro atoms. The fourth-order valence-electron chi connectivity index (χ4n) is 3.39. The van der Waals surface area contributed by atoms with Gasteiger partial charge in [0.15, 0.2) is 9.84 Å². The highest BCUT2D eigenvalue weighted by atomic mass is 35.5. The van der Waals surface area contributed by atoms with Gasteiger partial charge < -0.3 is 9.80 Å². The molecule has 2 aliphatic rings. The molecule has 2 atom stereocenters. The first-order valence-corrected chi connectivity index (χ1v) is 9.53. The van der Waals surface area contributed by atoms with Crippen molar-refractivity contribution in [3.05, 3.63) is 34.9 Å². The topological polar surface area (TPSA) is 74.8 Å². The van der Waals surface area contributed by atoms with Crippen molar-refractivity contribution in [1.29, 1.82) is 0 Å². The van der Waals surface area contributed by atoms with Crippen LogP contribution in [0.5, 0.6) is 0 Å². The number of halogens is 1. The van der Waals surface area contributed by atoms with Gasteiger partial charge in [-0.25, -0.2) is 8.42 Å². The lowest BCUT2D eigenvalue weighted by Gasteiger charge is -2.43. The standard InChI is InChI=1S/C15H17ClN2O4S/c1-10(19)17-6-7-18(14-9-23(21,22)8-13(14)17)15(20)11-4-2-3-5-12(11)16/h2-5,13-14H,6-9H2,1H3. The Hall–Kier alpha value is -1.60. The van der Waals surface area contributed by atoms with Gasteiger partial charge in [-0.2, -0.15) is 0 Å². The van der Waals surface area contributed by atoms with E-state index in [1.54, 1.807) is 34.1 Å². The van der Waals surface area contributed by atoms with Crippen molar-refractivity contribution in [3.8, 4) is 0 Å². The molecule has 1 aromatic carbocycles. The van der Waals surface area contributed by atoms with E-state index in [1.165, 1.54) is 6.92 Å². The number of carbonyl (C=O) groups is 2. The third-order valence-electron chi connectivity index (χ3n) is 4.45. The van der Waals surface area contributed by atoms with Gasteiger partial charge in [0.05, 0.1) is 34.2 Å². The first-order chi connectivity index (χ1) is 10.8. The zero-order valence-electron chi connectivity index (χ0n) is 12.6. The van der Waals surface area contributed by atoms with E-state index in [4.69, 9.17) is 11.6 Å². The molecule has 2 saturated heterocycles. The van der Waals surface area contributed by atoms with Gasteiger partial charge >= 0.3 is 0 Å². The molecule has 0 saturated carbocycles. The Kier molecular flexibility index (Phi) is 4.10. The number of sulfone groups is 1. The third kappa shape index (κ3) is 2.95. The molecule has 0 radical (unpaired) electrons. The molecule has 2 fully saturated rings. The zero-order valence-corrected chi connectivity index (χ0v) is 14.2. The Balaban J connectivity index is 1.94. The predicted octanol–water partition coefficient (Wildman–Crippen LogP) is 0.810. The van der Waals surface area contributed by atoms with Crippen LogP contribution >= 0.6 is 11.6 Å². The summed E-state index contributed by atoms with van der Waals surface area (Å²) in [5.74, 6) is -0.658. The number of nitrogens with zero attached hydrogens (tertiary/aromatic N) is 2. The molecule has 6 nitrogen and oxygen atoms in total. The van der Waals surface area contributed by atoms with Gasteiger partial charge in [-0.1, -0.05) is 23.7 Å². The first-order valence-electron chi connectivity index (χ1n) is 7.33. The van der Waals surface area contributed by atoms with E-state index >= 15 is 0 Å². The van der Waals surface area contributed by atoms with Crippen LogP contribution in [0.2, 0.25) is 5.02 Å². The van der Waals surface area contributed by atoms with Crippen LogP contribution < -0.4 is 0 Å². The zero-order chi connectivity index (χ0) is 16.8. The summed E-state index contributed by atoms with van der Waals surface area (Å²) in [6.07, 6.45) is 0. The van der Waals surface area contributed by atoms with Crippen LogP contribution in [-0.2, 0) is 14.6 Å². The lowest BCUT2D eigenvalue weighted by atomic mass is 10.0. The fraction of sp³-hybridized carbons (Fsp3) is 0.467. The largest absolute Gasteiger partial charge is 0.335 e. The summed E-state index contributed by atoms with van der Waals surface area (Å²) in [4.78, 5) is 27.7. The van der Waals surface area contributed by atoms with Gasteiger partial charge in [-0.05, 0) is 12.1 Å². The lowest BCUT2D eigenvalue weighted by molar-refractivity contribution is -0.133. The molecular weight excluding hydrogens is 340 g/mol. The Morgan fingerprint density at radius 2 is 1.65 bits per heavy atom. The minimum absolute atomic E-state index is 0.0937. The molecule has 2 heterocycles. The van der Waals surface area contributed by atoms with Crippen molar-refractivity contribution in [3.63, 3.8) is 0 Å². The van der Waals surface area contributed by atoms with Gasteiger partial charge in [0.25, 0.3) is 5.91 Å². The second kappa shape index (κ2) is 5.79. The fourth-order valence-corrected chi connectivity index (χ4v) is 5.58. The van der Waals surface area contributed by atoms with Crippen molar-refractivity contribution in [2.45, 2.75) is 19.0 Å². The highest BCUT2D eigenvalue weighted by Gasteiger charge is 2.49. The van der Waals surface area contributed by atoms with Gasteiger partial charge in [0.2, 0.25) is 5.91 Å². The smallest absolute Gasteiger partial charge is 0.255 e. The minimum Gasteiger partial charge on any atom is -0.335 e. The van der Waals surface area contributed by atoms with Crippen molar-refractivity contribution in [2.24, 2.45) is 0 Å². The molecule has 1 aromatic rings. The van der Waals surface area contributed by atoms with Gasteiger partial charge in [-0.3, -0.25) is 9.59 Å². The normalized spacial score (nSPS) is 26.0. The minimum atomic E-state index is -3.27. The molecule has 2 unspecified atom stereocenters. The maximum Gasteiger partial charge on any atom is 0.255 e. The number of rotatable bonds is 1. The second-order valence-corrected chi connectivity index (χ2v) is 8.46. The van der Waals surface area contributed by atoms with Gasteiger partial charge in [0.1, 0.15) is 0 Å². The number of hydrogen-bond donors (Lipinski definition) is 0. The number of hydrogen-bond acceptors (Lipinski definition) is 4. The molecule has 0 aromatic heterocycles. The van der Waals surface area contributed by atoms with Crippen molar-refractivity contribution >= 4 is 33.3 Å². The summed E-state index contributed by atoms with van der Waals surface area (Å²) in [6, 6.07) is 5.71. The Bertz CT molecular complexity index is 764. The van der Waals surface area contributed by atoms with E-state index in [0.29, 0.717) is 23.7 Å². The molecule has 124 valence electrons. The molecule has 3 rings (SSSR count). The number of benzene rings is 1. The Labute approximate surface area is 139 Å².